The number of hydrogen-bond donors (Lipinski definition) is 1. The maximum Gasteiger partial charge on any atom is 0.245 e. The Morgan fingerprint density at radius 1 is 1.21 bits per heavy atom. The van der Waals surface area contributed by atoms with Gasteiger partial charge in [0.05, 0.1) is 17.6 Å². The van der Waals surface area contributed by atoms with Crippen LogP contribution >= 0.6 is 15.9 Å². The zero-order chi connectivity index (χ0) is 17.9. The molecule has 2 aromatic rings. The summed E-state index contributed by atoms with van der Waals surface area (Å²) in [7, 11) is -3.83. The first-order valence-electron chi connectivity index (χ1n) is 6.65. The number of sulfonamides is 1. The highest BCUT2D eigenvalue weighted by Gasteiger charge is 2.21. The summed E-state index contributed by atoms with van der Waals surface area (Å²) >= 11 is 3.09. The van der Waals surface area contributed by atoms with Crippen LogP contribution in [0.2, 0.25) is 0 Å². The number of carbonyl (C=O) groups excluding carboxylic acids is 1. The van der Waals surface area contributed by atoms with Gasteiger partial charge in [-0.15, -0.1) is 0 Å². The predicted molar refractivity (Wildman–Crippen MR) is 91.3 cm³/mol. The summed E-state index contributed by atoms with van der Waals surface area (Å²) < 4.78 is 52.1. The second-order valence-corrected chi connectivity index (χ2v) is 7.74. The van der Waals surface area contributed by atoms with Gasteiger partial charge in [0, 0.05) is 4.47 Å². The van der Waals surface area contributed by atoms with Crippen LogP contribution in [0.4, 0.5) is 20.2 Å². The number of halogens is 3. The average Bonchev–Trinajstić information content (AvgIpc) is 2.46. The van der Waals surface area contributed by atoms with Gasteiger partial charge in [0.1, 0.15) is 18.2 Å². The second-order valence-electron chi connectivity index (χ2n) is 4.92. The highest BCUT2D eigenvalue weighted by molar-refractivity contribution is 9.10. The molecule has 0 bridgehead atoms. The molecule has 0 aromatic heterocycles. The van der Waals surface area contributed by atoms with Crippen molar-refractivity contribution in [3.63, 3.8) is 0 Å². The van der Waals surface area contributed by atoms with E-state index in [4.69, 9.17) is 0 Å². The van der Waals surface area contributed by atoms with E-state index in [-0.39, 0.29) is 11.4 Å². The van der Waals surface area contributed by atoms with Crippen molar-refractivity contribution in [2.45, 2.75) is 0 Å². The Bertz CT molecular complexity index is 875. The van der Waals surface area contributed by atoms with Gasteiger partial charge in [-0.1, -0.05) is 22.0 Å². The summed E-state index contributed by atoms with van der Waals surface area (Å²) in [6, 6.07) is 8.86. The van der Waals surface area contributed by atoms with Gasteiger partial charge >= 0.3 is 0 Å². The van der Waals surface area contributed by atoms with Crippen LogP contribution in [0.1, 0.15) is 0 Å². The maximum atomic E-state index is 13.7. The zero-order valence-electron chi connectivity index (χ0n) is 12.5. The number of nitrogens with one attached hydrogen (secondary N) is 1. The van der Waals surface area contributed by atoms with Crippen LogP contribution in [0, 0.1) is 11.6 Å². The molecule has 0 unspecified atom stereocenters. The van der Waals surface area contributed by atoms with Crippen molar-refractivity contribution in [3.8, 4) is 0 Å². The van der Waals surface area contributed by atoms with Crippen LogP contribution in [-0.2, 0) is 14.8 Å². The SMILES string of the molecule is CS(=O)(=O)N(CC(=O)Nc1ccc(Br)cc1F)c1cccc(F)c1. The average molecular weight is 419 g/mol. The first-order chi connectivity index (χ1) is 11.2. The van der Waals surface area contributed by atoms with Gasteiger partial charge in [0.25, 0.3) is 0 Å². The summed E-state index contributed by atoms with van der Waals surface area (Å²) in [5.74, 6) is -2.07. The number of carbonyl (C=O) groups is 1. The van der Waals surface area contributed by atoms with E-state index in [1.54, 1.807) is 0 Å². The Balaban J connectivity index is 2.22. The lowest BCUT2D eigenvalue weighted by atomic mass is 10.3. The molecule has 9 heteroatoms. The molecule has 0 heterocycles. The molecule has 2 aromatic carbocycles. The van der Waals surface area contributed by atoms with E-state index in [2.05, 4.69) is 21.2 Å². The summed E-state index contributed by atoms with van der Waals surface area (Å²) in [4.78, 5) is 12.1. The minimum atomic E-state index is -3.83. The number of amides is 1. The molecule has 1 amide bonds. The van der Waals surface area contributed by atoms with Crippen LogP contribution in [0.5, 0.6) is 0 Å². The van der Waals surface area contributed by atoms with E-state index in [9.17, 15) is 22.0 Å². The fourth-order valence-electron chi connectivity index (χ4n) is 1.94. The fourth-order valence-corrected chi connectivity index (χ4v) is 3.12. The Morgan fingerprint density at radius 2 is 1.92 bits per heavy atom. The third-order valence-corrected chi connectivity index (χ3v) is 4.62. The van der Waals surface area contributed by atoms with E-state index in [1.165, 1.54) is 24.3 Å². The van der Waals surface area contributed by atoms with Crippen LogP contribution < -0.4 is 9.62 Å². The lowest BCUT2D eigenvalue weighted by Gasteiger charge is -2.22. The first-order valence-corrected chi connectivity index (χ1v) is 9.29. The van der Waals surface area contributed by atoms with Gasteiger partial charge in [0.2, 0.25) is 15.9 Å². The van der Waals surface area contributed by atoms with Gasteiger partial charge in [-0.05, 0) is 36.4 Å². The van der Waals surface area contributed by atoms with Crippen LogP contribution in [-0.4, -0.2) is 27.1 Å². The summed E-state index contributed by atoms with van der Waals surface area (Å²) in [5.41, 5.74) is -0.0835. The third kappa shape index (κ3) is 4.75. The summed E-state index contributed by atoms with van der Waals surface area (Å²) in [5, 5.41) is 2.29. The van der Waals surface area contributed by atoms with E-state index < -0.39 is 34.1 Å². The topological polar surface area (TPSA) is 66.5 Å². The summed E-state index contributed by atoms with van der Waals surface area (Å²) in [6.45, 7) is -0.613. The number of rotatable bonds is 5. The normalized spacial score (nSPS) is 11.2. The lowest BCUT2D eigenvalue weighted by molar-refractivity contribution is -0.114. The quantitative estimate of drug-likeness (QED) is 0.810. The molecule has 0 aliphatic carbocycles. The number of benzene rings is 2. The molecule has 0 saturated carbocycles. The van der Waals surface area contributed by atoms with Crippen molar-refractivity contribution in [3.05, 3.63) is 58.6 Å². The smallest absolute Gasteiger partial charge is 0.245 e. The number of hydrogen-bond acceptors (Lipinski definition) is 3. The minimum Gasteiger partial charge on any atom is -0.322 e. The van der Waals surface area contributed by atoms with Crippen LogP contribution in [0.3, 0.4) is 0 Å². The van der Waals surface area contributed by atoms with Crippen molar-refractivity contribution in [1.82, 2.24) is 0 Å². The zero-order valence-corrected chi connectivity index (χ0v) is 14.9. The molecule has 24 heavy (non-hydrogen) atoms. The largest absolute Gasteiger partial charge is 0.322 e. The second kappa shape index (κ2) is 7.27. The molecule has 0 spiro atoms. The third-order valence-electron chi connectivity index (χ3n) is 2.99. The van der Waals surface area contributed by atoms with Crippen molar-refractivity contribution in [2.24, 2.45) is 0 Å². The minimum absolute atomic E-state index is 0.00364. The van der Waals surface area contributed by atoms with Crippen LogP contribution in [0.15, 0.2) is 46.9 Å². The van der Waals surface area contributed by atoms with Crippen molar-refractivity contribution in [1.29, 1.82) is 0 Å². The fraction of sp³-hybridized carbons (Fsp3) is 0.133. The van der Waals surface area contributed by atoms with Gasteiger partial charge in [-0.2, -0.15) is 0 Å². The molecular formula is C15H13BrF2N2O3S. The molecule has 0 atom stereocenters. The van der Waals surface area contributed by atoms with Gasteiger partial charge in [0.15, 0.2) is 0 Å². The Morgan fingerprint density at radius 3 is 2.50 bits per heavy atom. The van der Waals surface area contributed by atoms with Crippen molar-refractivity contribution < 1.29 is 22.0 Å². The van der Waals surface area contributed by atoms with Gasteiger partial charge < -0.3 is 5.32 Å². The number of anilines is 2. The highest BCUT2D eigenvalue weighted by Crippen LogP contribution is 2.21. The Kier molecular flexibility index (Phi) is 5.55. The molecule has 0 aliphatic rings. The number of nitrogens with zero attached hydrogens (tertiary/aromatic N) is 1. The van der Waals surface area contributed by atoms with Gasteiger partial charge in [-0.25, -0.2) is 17.2 Å². The maximum absolute atomic E-state index is 13.7. The van der Waals surface area contributed by atoms with E-state index in [1.807, 2.05) is 0 Å². The van der Waals surface area contributed by atoms with E-state index >= 15 is 0 Å². The van der Waals surface area contributed by atoms with Crippen LogP contribution in [0.25, 0.3) is 0 Å². The molecule has 5 nitrogen and oxygen atoms in total. The molecule has 1 N–H and O–H groups in total. The first kappa shape index (κ1) is 18.3. The summed E-state index contributed by atoms with van der Waals surface area (Å²) in [6.07, 6.45) is 0.894. The van der Waals surface area contributed by atoms with E-state index in [0.717, 1.165) is 28.8 Å². The highest BCUT2D eigenvalue weighted by atomic mass is 79.9. The predicted octanol–water partition coefficient (Wildman–Crippen LogP) is 3.13. The van der Waals surface area contributed by atoms with Crippen molar-refractivity contribution in [2.75, 3.05) is 22.4 Å². The molecule has 0 aliphatic heterocycles. The Labute approximate surface area is 146 Å². The molecule has 2 rings (SSSR count). The van der Waals surface area contributed by atoms with Gasteiger partial charge in [-0.3, -0.25) is 9.10 Å². The lowest BCUT2D eigenvalue weighted by Crippen LogP contribution is -2.37. The molecule has 0 fully saturated rings. The molecule has 128 valence electrons. The molecular weight excluding hydrogens is 406 g/mol. The van der Waals surface area contributed by atoms with Crippen molar-refractivity contribution >= 4 is 43.2 Å². The Hall–Kier alpha value is -2.00. The molecule has 0 radical (unpaired) electrons. The standard InChI is InChI=1S/C15H13BrF2N2O3S/c1-24(22,23)20(12-4-2-3-11(17)8-12)9-15(21)19-14-6-5-10(16)7-13(14)18/h2-8H,9H2,1H3,(H,19,21). The van der Waals surface area contributed by atoms with E-state index in [0.29, 0.717) is 4.47 Å². The monoisotopic (exact) mass is 418 g/mol. The molecule has 0 saturated heterocycles.